The van der Waals surface area contributed by atoms with Crippen LogP contribution >= 0.6 is 0 Å². The van der Waals surface area contributed by atoms with Gasteiger partial charge in [0.2, 0.25) is 11.6 Å². The monoisotopic (exact) mass is 590 g/mol. The first-order chi connectivity index (χ1) is 20.4. The van der Waals surface area contributed by atoms with Gasteiger partial charge in [0.05, 0.1) is 19.3 Å². The van der Waals surface area contributed by atoms with Crippen molar-refractivity contribution in [1.82, 2.24) is 10.2 Å². The zero-order valence-electron chi connectivity index (χ0n) is 26.5. The summed E-state index contributed by atoms with van der Waals surface area (Å²) in [6.45, 7) is 7.86. The predicted molar refractivity (Wildman–Crippen MR) is 163 cm³/mol. The highest BCUT2D eigenvalue weighted by Gasteiger charge is 2.30. The molecule has 2 heterocycles. The summed E-state index contributed by atoms with van der Waals surface area (Å²) in [5, 5.41) is 2.84. The number of aromatic nitrogens is 1. The van der Waals surface area contributed by atoms with E-state index in [0.717, 1.165) is 30.0 Å². The van der Waals surface area contributed by atoms with Crippen LogP contribution in [0, 0.1) is 5.92 Å². The molecule has 0 aliphatic carbocycles. The van der Waals surface area contributed by atoms with Crippen molar-refractivity contribution >= 4 is 18.1 Å². The molecule has 0 saturated carbocycles. The molecule has 238 valence electrons. The fourth-order valence-corrected chi connectivity index (χ4v) is 5.26. The number of nitrogens with zero attached hydrogens (tertiary/aromatic N) is 2. The molecule has 0 bridgehead atoms. The molecular weight excluding hydrogens is 534 g/mol. The molecule has 1 fully saturated rings. The molecule has 0 spiro atoms. The molecule has 1 aromatic rings. The zero-order valence-corrected chi connectivity index (χ0v) is 26.5. The highest BCUT2D eigenvalue weighted by atomic mass is 16.6. The summed E-state index contributed by atoms with van der Waals surface area (Å²) >= 11 is 0. The minimum absolute atomic E-state index is 0.0485. The van der Waals surface area contributed by atoms with Crippen molar-refractivity contribution in [1.29, 1.82) is 0 Å². The first-order valence-electron chi connectivity index (χ1n) is 16.4. The van der Waals surface area contributed by atoms with E-state index >= 15 is 0 Å². The Morgan fingerprint density at radius 2 is 1.55 bits per heavy atom. The number of ether oxygens (including phenoxy) is 3. The van der Waals surface area contributed by atoms with Crippen molar-refractivity contribution in [3.63, 3.8) is 0 Å². The van der Waals surface area contributed by atoms with Gasteiger partial charge < -0.3 is 19.5 Å². The van der Waals surface area contributed by atoms with Gasteiger partial charge in [0.1, 0.15) is 19.7 Å². The zero-order chi connectivity index (χ0) is 30.4. The fraction of sp³-hybridized carbons (Fsp3) is 0.758. The Kier molecular flexibility index (Phi) is 18.6. The number of alkyl carbamates (subject to hydrolysis) is 1. The number of nitrogens with one attached hydrogen (secondary N) is 1. The molecule has 1 saturated heterocycles. The van der Waals surface area contributed by atoms with Gasteiger partial charge >= 0.3 is 12.2 Å². The van der Waals surface area contributed by atoms with E-state index < -0.39 is 12.2 Å². The van der Waals surface area contributed by atoms with Crippen LogP contribution in [-0.4, -0.2) is 55.5 Å². The van der Waals surface area contributed by atoms with E-state index in [-0.39, 0.29) is 37.7 Å². The molecule has 9 nitrogen and oxygen atoms in total. The lowest BCUT2D eigenvalue weighted by molar-refractivity contribution is -0.701. The number of aryl methyl sites for hydroxylation is 1. The number of hydrogen-bond acceptors (Lipinski definition) is 6. The molecule has 1 aliphatic heterocycles. The minimum Gasteiger partial charge on any atom is -0.449 e. The molecule has 0 aromatic carbocycles. The van der Waals surface area contributed by atoms with Gasteiger partial charge in [-0.25, -0.2) is 19.1 Å². The molecule has 1 N–H and O–H groups in total. The van der Waals surface area contributed by atoms with Crippen molar-refractivity contribution in [2.45, 2.75) is 130 Å². The second-order valence-corrected chi connectivity index (χ2v) is 11.5. The van der Waals surface area contributed by atoms with Gasteiger partial charge in [0.25, 0.3) is 0 Å². The number of rotatable bonds is 21. The molecule has 1 aromatic heterocycles. The van der Waals surface area contributed by atoms with Crippen LogP contribution in [0.1, 0.15) is 116 Å². The summed E-state index contributed by atoms with van der Waals surface area (Å²) in [6.07, 6.45) is 18.0. The van der Waals surface area contributed by atoms with Crippen molar-refractivity contribution in [3.8, 4) is 0 Å². The van der Waals surface area contributed by atoms with E-state index in [0.29, 0.717) is 19.6 Å². The summed E-state index contributed by atoms with van der Waals surface area (Å²) in [5.74, 6) is -0.331. The van der Waals surface area contributed by atoms with Crippen LogP contribution in [0.15, 0.2) is 24.4 Å². The molecule has 42 heavy (non-hydrogen) atoms. The van der Waals surface area contributed by atoms with Gasteiger partial charge in [0, 0.05) is 31.5 Å². The molecule has 3 amide bonds. The van der Waals surface area contributed by atoms with Crippen molar-refractivity contribution < 1.29 is 33.2 Å². The highest BCUT2D eigenvalue weighted by Crippen LogP contribution is 2.21. The van der Waals surface area contributed by atoms with E-state index in [1.807, 2.05) is 35.9 Å². The lowest BCUT2D eigenvalue weighted by Crippen LogP contribution is -2.43. The number of carbonyl (C=O) groups excluding carboxylic acids is 3. The Hall–Kier alpha value is -2.68. The van der Waals surface area contributed by atoms with Crippen LogP contribution in [0.4, 0.5) is 9.59 Å². The summed E-state index contributed by atoms with van der Waals surface area (Å²) < 4.78 is 18.5. The number of unbranched alkanes of at least 4 members (excludes halogenated alkanes) is 12. The third-order valence-corrected chi connectivity index (χ3v) is 7.85. The molecule has 0 radical (unpaired) electrons. The standard InChI is InChI=1S/C33H55N3O6/c1-4-6-7-8-9-10-11-12-13-14-15-16-18-21-34-32(38)41-26-29-23-31(40-25-29)27-42-33(39)36(28(3)37)24-30-20-17-19-22-35(30)5-2/h17,19-20,22,29,31H,4-16,18,21,23-27H2,1-3H3/p+1. The number of carbonyl (C=O) groups is 3. The fourth-order valence-electron chi connectivity index (χ4n) is 5.26. The average Bonchev–Trinajstić information content (AvgIpc) is 3.45. The van der Waals surface area contributed by atoms with Gasteiger partial charge in [-0.05, 0) is 19.8 Å². The van der Waals surface area contributed by atoms with E-state index in [1.165, 1.54) is 77.6 Å². The number of imide groups is 1. The van der Waals surface area contributed by atoms with Gasteiger partial charge in [-0.3, -0.25) is 4.79 Å². The van der Waals surface area contributed by atoms with Crippen LogP contribution in [0.5, 0.6) is 0 Å². The summed E-state index contributed by atoms with van der Waals surface area (Å²) in [7, 11) is 0. The first kappa shape index (κ1) is 35.5. The summed E-state index contributed by atoms with van der Waals surface area (Å²) in [6, 6.07) is 5.66. The van der Waals surface area contributed by atoms with E-state index in [1.54, 1.807) is 0 Å². The quantitative estimate of drug-likeness (QED) is 0.126. The third kappa shape index (κ3) is 15.0. The highest BCUT2D eigenvalue weighted by molar-refractivity contribution is 5.90. The average molecular weight is 591 g/mol. The lowest BCUT2D eigenvalue weighted by atomic mass is 10.0. The second kappa shape index (κ2) is 21.9. The van der Waals surface area contributed by atoms with Crippen molar-refractivity contribution in [2.24, 2.45) is 5.92 Å². The van der Waals surface area contributed by atoms with Crippen LogP contribution in [0.25, 0.3) is 0 Å². The topological polar surface area (TPSA) is 98.1 Å². The third-order valence-electron chi connectivity index (χ3n) is 7.85. The summed E-state index contributed by atoms with van der Waals surface area (Å²) in [5.41, 5.74) is 0.842. The number of amides is 3. The second-order valence-electron chi connectivity index (χ2n) is 11.5. The van der Waals surface area contributed by atoms with Crippen molar-refractivity contribution in [3.05, 3.63) is 30.1 Å². The van der Waals surface area contributed by atoms with E-state index in [4.69, 9.17) is 14.2 Å². The van der Waals surface area contributed by atoms with E-state index in [9.17, 15) is 14.4 Å². The molecule has 1 aliphatic rings. The molecule has 2 rings (SSSR count). The lowest BCUT2D eigenvalue weighted by Gasteiger charge is -2.19. The minimum atomic E-state index is -0.690. The Morgan fingerprint density at radius 1 is 0.905 bits per heavy atom. The van der Waals surface area contributed by atoms with Gasteiger partial charge in [0.15, 0.2) is 6.20 Å². The SMILES string of the molecule is CCCCCCCCCCCCCCCNC(=O)OCC1COC(COC(=O)N(Cc2cccc[n+]2CC)C(C)=O)C1. The van der Waals surface area contributed by atoms with Crippen molar-refractivity contribution in [2.75, 3.05) is 26.4 Å². The van der Waals surface area contributed by atoms with Crippen LogP contribution in [0.2, 0.25) is 0 Å². The van der Waals surface area contributed by atoms with Gasteiger partial charge in [-0.15, -0.1) is 0 Å². The first-order valence-corrected chi connectivity index (χ1v) is 16.4. The van der Waals surface area contributed by atoms with Crippen LogP contribution in [-0.2, 0) is 32.1 Å². The Balaban J connectivity index is 1.49. The Bertz CT molecular complexity index is 912. The maximum absolute atomic E-state index is 12.7. The van der Waals surface area contributed by atoms with Gasteiger partial charge in [-0.2, -0.15) is 0 Å². The maximum Gasteiger partial charge on any atom is 0.417 e. The molecule has 2 unspecified atom stereocenters. The molecular formula is C33H56N3O6+. The van der Waals surface area contributed by atoms with Crippen LogP contribution < -0.4 is 9.88 Å². The molecule has 9 heteroatoms. The van der Waals surface area contributed by atoms with Gasteiger partial charge in [-0.1, -0.05) is 90.0 Å². The maximum atomic E-state index is 12.7. The molecule has 2 atom stereocenters. The Labute approximate surface area is 253 Å². The predicted octanol–water partition coefficient (Wildman–Crippen LogP) is 6.70. The largest absolute Gasteiger partial charge is 0.449 e. The van der Waals surface area contributed by atoms with Crippen LogP contribution in [0.3, 0.4) is 0 Å². The Morgan fingerprint density at radius 3 is 2.17 bits per heavy atom. The number of pyridine rings is 1. The number of hydrogen-bond donors (Lipinski definition) is 1. The van der Waals surface area contributed by atoms with E-state index in [2.05, 4.69) is 12.2 Å². The smallest absolute Gasteiger partial charge is 0.417 e. The summed E-state index contributed by atoms with van der Waals surface area (Å²) in [4.78, 5) is 38.0. The normalized spacial score (nSPS) is 16.3.